The highest BCUT2D eigenvalue weighted by atomic mass is 35.5. The van der Waals surface area contributed by atoms with Crippen LogP contribution in [0.2, 0.25) is 5.02 Å². The van der Waals surface area contributed by atoms with Crippen molar-refractivity contribution in [3.63, 3.8) is 0 Å². The van der Waals surface area contributed by atoms with Crippen molar-refractivity contribution >= 4 is 35.1 Å². The number of likely N-dealkylation sites (tertiary alicyclic amines) is 1. The van der Waals surface area contributed by atoms with Crippen molar-refractivity contribution in [2.24, 2.45) is 5.92 Å². The normalized spacial score (nSPS) is 16.4. The van der Waals surface area contributed by atoms with E-state index in [2.05, 4.69) is 5.32 Å². The minimum Gasteiger partial charge on any atom is -0.467 e. The van der Waals surface area contributed by atoms with Crippen molar-refractivity contribution in [1.29, 1.82) is 0 Å². The van der Waals surface area contributed by atoms with Gasteiger partial charge >= 0.3 is 5.97 Å². The molecule has 0 aliphatic carbocycles. The Kier molecular flexibility index (Phi) is 5.75. The van der Waals surface area contributed by atoms with Crippen molar-refractivity contribution in [1.82, 2.24) is 4.90 Å². The average Bonchev–Trinajstić information content (AvgIpc) is 3.27. The monoisotopic (exact) mass is 394 g/mol. The summed E-state index contributed by atoms with van der Waals surface area (Å²) in [4.78, 5) is 37.5. The molecule has 2 heterocycles. The molecule has 1 fully saturated rings. The molecule has 1 aliphatic rings. The van der Waals surface area contributed by atoms with Gasteiger partial charge in [0, 0.05) is 18.7 Å². The van der Waals surface area contributed by atoms with Crippen LogP contribution in [0.3, 0.4) is 0 Å². The Bertz CT molecular complexity index is 855. The molecule has 0 saturated carbocycles. The molecule has 1 aromatic heterocycles. The van der Waals surface area contributed by atoms with E-state index < -0.39 is 30.2 Å². The highest BCUT2D eigenvalue weighted by Crippen LogP contribution is 2.22. The van der Waals surface area contributed by atoms with Gasteiger partial charge < -0.3 is 19.4 Å². The van der Waals surface area contributed by atoms with E-state index in [1.165, 1.54) is 23.3 Å². The summed E-state index contributed by atoms with van der Waals surface area (Å²) in [5.41, 5.74) is 0.281. The van der Waals surface area contributed by atoms with Crippen LogP contribution in [0, 0.1) is 11.7 Å². The molecule has 1 saturated heterocycles. The predicted molar refractivity (Wildman–Crippen MR) is 93.2 cm³/mol. The Morgan fingerprint density at radius 1 is 1.37 bits per heavy atom. The van der Waals surface area contributed by atoms with E-state index in [-0.39, 0.29) is 36.1 Å². The molecule has 2 aromatic rings. The van der Waals surface area contributed by atoms with Gasteiger partial charge in [-0.05, 0) is 30.3 Å². The first-order valence-electron chi connectivity index (χ1n) is 8.14. The summed E-state index contributed by atoms with van der Waals surface area (Å²) < 4.78 is 23.3. The topological polar surface area (TPSA) is 88.9 Å². The van der Waals surface area contributed by atoms with Crippen LogP contribution in [0.4, 0.5) is 10.1 Å². The maximum Gasteiger partial charge on any atom is 0.311 e. The fraction of sp³-hybridized carbons (Fsp3) is 0.278. The SMILES string of the molecule is O=C(COC(=O)[C@H]1CC(=O)N(Cc2ccco2)C1)Nc1ccc(F)c(Cl)c1. The quantitative estimate of drug-likeness (QED) is 0.761. The maximum absolute atomic E-state index is 13.1. The molecule has 3 rings (SSSR count). The number of carbonyl (C=O) groups excluding carboxylic acids is 3. The van der Waals surface area contributed by atoms with Crippen molar-refractivity contribution < 1.29 is 27.9 Å². The van der Waals surface area contributed by atoms with Gasteiger partial charge in [0.15, 0.2) is 6.61 Å². The molecule has 2 amide bonds. The fourth-order valence-corrected chi connectivity index (χ4v) is 2.88. The second-order valence-corrected chi connectivity index (χ2v) is 6.45. The Morgan fingerprint density at radius 2 is 2.19 bits per heavy atom. The lowest BCUT2D eigenvalue weighted by atomic mass is 10.1. The first-order valence-corrected chi connectivity index (χ1v) is 8.52. The van der Waals surface area contributed by atoms with Gasteiger partial charge in [0.05, 0.1) is 23.7 Å². The molecule has 0 spiro atoms. The number of ether oxygens (including phenoxy) is 1. The zero-order chi connectivity index (χ0) is 19.4. The lowest BCUT2D eigenvalue weighted by molar-refractivity contribution is -0.151. The lowest BCUT2D eigenvalue weighted by Crippen LogP contribution is -2.28. The third-order valence-electron chi connectivity index (χ3n) is 4.02. The Morgan fingerprint density at radius 3 is 2.89 bits per heavy atom. The number of hydrogen-bond acceptors (Lipinski definition) is 5. The number of nitrogens with zero attached hydrogens (tertiary/aromatic N) is 1. The van der Waals surface area contributed by atoms with E-state index in [1.54, 1.807) is 12.1 Å². The van der Waals surface area contributed by atoms with Crippen LogP contribution >= 0.6 is 11.6 Å². The summed E-state index contributed by atoms with van der Waals surface area (Å²) in [6, 6.07) is 7.16. The number of nitrogens with one attached hydrogen (secondary N) is 1. The molecule has 0 bridgehead atoms. The molecule has 1 aliphatic heterocycles. The van der Waals surface area contributed by atoms with E-state index in [9.17, 15) is 18.8 Å². The molecule has 0 radical (unpaired) electrons. The number of furan rings is 1. The van der Waals surface area contributed by atoms with Crippen molar-refractivity contribution in [3.05, 3.63) is 53.2 Å². The first-order chi connectivity index (χ1) is 12.9. The summed E-state index contributed by atoms with van der Waals surface area (Å²) in [7, 11) is 0. The number of halogens is 2. The van der Waals surface area contributed by atoms with Gasteiger partial charge in [-0.15, -0.1) is 0 Å². The van der Waals surface area contributed by atoms with Gasteiger partial charge in [0.1, 0.15) is 11.6 Å². The summed E-state index contributed by atoms with van der Waals surface area (Å²) in [5.74, 6) is -2.03. The number of anilines is 1. The number of esters is 1. The maximum atomic E-state index is 13.1. The first kappa shape index (κ1) is 18.9. The second-order valence-electron chi connectivity index (χ2n) is 6.04. The largest absolute Gasteiger partial charge is 0.467 e. The van der Waals surface area contributed by atoms with Gasteiger partial charge in [-0.3, -0.25) is 14.4 Å². The minimum absolute atomic E-state index is 0.0226. The van der Waals surface area contributed by atoms with Crippen LogP contribution in [0.25, 0.3) is 0 Å². The Balaban J connectivity index is 1.46. The van der Waals surface area contributed by atoms with Crippen LogP contribution in [0.15, 0.2) is 41.0 Å². The summed E-state index contributed by atoms with van der Waals surface area (Å²) >= 11 is 5.63. The van der Waals surface area contributed by atoms with Crippen molar-refractivity contribution in [3.8, 4) is 0 Å². The Labute approximate surface area is 159 Å². The molecule has 1 N–H and O–H groups in total. The van der Waals surface area contributed by atoms with E-state index in [1.807, 2.05) is 0 Å². The van der Waals surface area contributed by atoms with Crippen LogP contribution in [0.5, 0.6) is 0 Å². The van der Waals surface area contributed by atoms with Crippen LogP contribution in [0.1, 0.15) is 12.2 Å². The molecule has 0 unspecified atom stereocenters. The van der Waals surface area contributed by atoms with Gasteiger partial charge in [0.25, 0.3) is 5.91 Å². The highest BCUT2D eigenvalue weighted by molar-refractivity contribution is 6.31. The standard InChI is InChI=1S/C18H16ClFN2O5/c19-14-7-12(3-4-15(14)20)21-16(23)10-27-18(25)11-6-17(24)22(8-11)9-13-2-1-5-26-13/h1-5,7,11H,6,8-10H2,(H,21,23)/t11-/m0/s1. The number of rotatable bonds is 6. The average molecular weight is 395 g/mol. The molecule has 27 heavy (non-hydrogen) atoms. The van der Waals surface area contributed by atoms with E-state index in [0.717, 1.165) is 6.07 Å². The van der Waals surface area contributed by atoms with Gasteiger partial charge in [-0.1, -0.05) is 11.6 Å². The fourth-order valence-electron chi connectivity index (χ4n) is 2.70. The van der Waals surface area contributed by atoms with Gasteiger partial charge in [-0.25, -0.2) is 4.39 Å². The van der Waals surface area contributed by atoms with E-state index >= 15 is 0 Å². The summed E-state index contributed by atoms with van der Waals surface area (Å²) in [6.07, 6.45) is 1.53. The predicted octanol–water partition coefficient (Wildman–Crippen LogP) is 2.60. The molecule has 142 valence electrons. The summed E-state index contributed by atoms with van der Waals surface area (Å²) in [6.45, 7) is -0.0360. The number of benzene rings is 1. The van der Waals surface area contributed by atoms with E-state index in [4.69, 9.17) is 20.8 Å². The molecular formula is C18H16ClFN2O5. The Hall–Kier alpha value is -2.87. The van der Waals surface area contributed by atoms with E-state index in [0.29, 0.717) is 5.76 Å². The highest BCUT2D eigenvalue weighted by Gasteiger charge is 2.35. The molecule has 1 aromatic carbocycles. The minimum atomic E-state index is -0.638. The molecular weight excluding hydrogens is 379 g/mol. The van der Waals surface area contributed by atoms with Crippen molar-refractivity contribution in [2.45, 2.75) is 13.0 Å². The smallest absolute Gasteiger partial charge is 0.311 e. The van der Waals surface area contributed by atoms with Crippen LogP contribution in [-0.2, 0) is 25.7 Å². The van der Waals surface area contributed by atoms with Gasteiger partial charge in [-0.2, -0.15) is 0 Å². The number of amides is 2. The van der Waals surface area contributed by atoms with Gasteiger partial charge in [0.2, 0.25) is 5.91 Å². The van der Waals surface area contributed by atoms with Crippen LogP contribution < -0.4 is 5.32 Å². The molecule has 9 heteroatoms. The zero-order valence-corrected chi connectivity index (χ0v) is 14.9. The third kappa shape index (κ3) is 4.85. The molecule has 7 nitrogen and oxygen atoms in total. The summed E-state index contributed by atoms with van der Waals surface area (Å²) in [5, 5.41) is 2.31. The molecule has 1 atom stereocenters. The third-order valence-corrected chi connectivity index (χ3v) is 4.31. The van der Waals surface area contributed by atoms with Crippen molar-refractivity contribution in [2.75, 3.05) is 18.5 Å². The number of hydrogen-bond donors (Lipinski definition) is 1. The zero-order valence-electron chi connectivity index (χ0n) is 14.1. The second kappa shape index (κ2) is 8.22. The van der Waals surface area contributed by atoms with Crippen LogP contribution in [-0.4, -0.2) is 35.8 Å². The lowest BCUT2D eigenvalue weighted by Gasteiger charge is -2.14. The number of carbonyl (C=O) groups is 3.